The van der Waals surface area contributed by atoms with Crippen LogP contribution in [0.5, 0.6) is 0 Å². The summed E-state index contributed by atoms with van der Waals surface area (Å²) < 4.78 is 24.1. The molecule has 0 bridgehead atoms. The van der Waals surface area contributed by atoms with Gasteiger partial charge in [0.05, 0.1) is 5.75 Å². The van der Waals surface area contributed by atoms with Crippen molar-refractivity contribution in [1.82, 2.24) is 0 Å². The number of benzene rings is 1. The Kier molecular flexibility index (Phi) is 5.46. The van der Waals surface area contributed by atoms with Gasteiger partial charge in [0, 0.05) is 22.5 Å². The lowest BCUT2D eigenvalue weighted by Crippen LogP contribution is -2.18. The Morgan fingerprint density at radius 3 is 2.59 bits per heavy atom. The van der Waals surface area contributed by atoms with E-state index in [4.69, 9.17) is 0 Å². The van der Waals surface area contributed by atoms with Gasteiger partial charge >= 0.3 is 0 Å². The fourth-order valence-corrected chi connectivity index (χ4v) is 3.29. The molecule has 0 fully saturated rings. The largest absolute Gasteiger partial charge is 0.384 e. The third-order valence-electron chi connectivity index (χ3n) is 2.43. The molecule has 1 rings (SSSR count). The van der Waals surface area contributed by atoms with Crippen LogP contribution in [-0.4, -0.2) is 26.5 Å². The molecule has 0 saturated carbocycles. The van der Waals surface area contributed by atoms with Gasteiger partial charge < -0.3 is 5.32 Å². The summed E-state index contributed by atoms with van der Waals surface area (Å²) in [5, 5.41) is 3.15. The molecular formula is C12H18BrNO2S. The van der Waals surface area contributed by atoms with Gasteiger partial charge in [-0.15, -0.1) is 0 Å². The highest BCUT2D eigenvalue weighted by Crippen LogP contribution is 2.19. The SMILES string of the molecule is CCCS(=O)(=O)CCNc1ccc(Br)cc1C. The Balaban J connectivity index is 2.51. The highest BCUT2D eigenvalue weighted by molar-refractivity contribution is 9.10. The van der Waals surface area contributed by atoms with Crippen LogP contribution in [-0.2, 0) is 9.84 Å². The van der Waals surface area contributed by atoms with E-state index < -0.39 is 9.84 Å². The van der Waals surface area contributed by atoms with Gasteiger partial charge in [-0.3, -0.25) is 0 Å². The van der Waals surface area contributed by atoms with Crippen molar-refractivity contribution in [3.63, 3.8) is 0 Å². The lowest BCUT2D eigenvalue weighted by atomic mass is 10.2. The third-order valence-corrected chi connectivity index (χ3v) is 4.78. The molecule has 0 aromatic heterocycles. The van der Waals surface area contributed by atoms with Crippen LogP contribution in [0.4, 0.5) is 5.69 Å². The van der Waals surface area contributed by atoms with E-state index in [1.54, 1.807) is 0 Å². The van der Waals surface area contributed by atoms with Crippen LogP contribution in [0, 0.1) is 6.92 Å². The van der Waals surface area contributed by atoms with E-state index in [0.29, 0.717) is 13.0 Å². The van der Waals surface area contributed by atoms with Crippen molar-refractivity contribution in [3.8, 4) is 0 Å². The number of aryl methyl sites for hydroxylation is 1. The predicted molar refractivity (Wildman–Crippen MR) is 76.3 cm³/mol. The zero-order valence-corrected chi connectivity index (χ0v) is 12.6. The van der Waals surface area contributed by atoms with E-state index in [0.717, 1.165) is 15.7 Å². The zero-order chi connectivity index (χ0) is 12.9. The number of halogens is 1. The topological polar surface area (TPSA) is 46.2 Å². The second-order valence-corrected chi connectivity index (χ2v) is 7.26. The monoisotopic (exact) mass is 319 g/mol. The number of hydrogen-bond donors (Lipinski definition) is 1. The van der Waals surface area contributed by atoms with Crippen molar-refractivity contribution >= 4 is 31.5 Å². The summed E-state index contributed by atoms with van der Waals surface area (Å²) in [6.07, 6.45) is 0.680. The Morgan fingerprint density at radius 1 is 1.29 bits per heavy atom. The first-order chi connectivity index (χ1) is 7.94. The predicted octanol–water partition coefficient (Wildman–Crippen LogP) is 2.99. The summed E-state index contributed by atoms with van der Waals surface area (Å²) >= 11 is 3.39. The molecular weight excluding hydrogens is 302 g/mol. The summed E-state index contributed by atoms with van der Waals surface area (Å²) in [7, 11) is -2.89. The lowest BCUT2D eigenvalue weighted by molar-refractivity contribution is 0.595. The molecule has 1 N–H and O–H groups in total. The zero-order valence-electron chi connectivity index (χ0n) is 10.2. The molecule has 0 atom stereocenters. The van der Waals surface area contributed by atoms with Crippen molar-refractivity contribution in [1.29, 1.82) is 0 Å². The number of anilines is 1. The Hall–Kier alpha value is -0.550. The van der Waals surface area contributed by atoms with E-state index in [-0.39, 0.29) is 11.5 Å². The van der Waals surface area contributed by atoms with Gasteiger partial charge in [-0.2, -0.15) is 0 Å². The second-order valence-electron chi connectivity index (χ2n) is 4.04. The number of hydrogen-bond acceptors (Lipinski definition) is 3. The van der Waals surface area contributed by atoms with Crippen molar-refractivity contribution in [2.45, 2.75) is 20.3 Å². The summed E-state index contributed by atoms with van der Waals surface area (Å²) in [6, 6.07) is 5.89. The average molecular weight is 320 g/mol. The van der Waals surface area contributed by atoms with Crippen LogP contribution in [0.1, 0.15) is 18.9 Å². The normalized spacial score (nSPS) is 11.5. The van der Waals surface area contributed by atoms with Gasteiger partial charge in [-0.05, 0) is 37.1 Å². The van der Waals surface area contributed by atoms with Gasteiger partial charge in [-0.1, -0.05) is 22.9 Å². The molecule has 1 aromatic rings. The first-order valence-corrected chi connectivity index (χ1v) is 8.26. The van der Waals surface area contributed by atoms with Gasteiger partial charge in [-0.25, -0.2) is 8.42 Å². The maximum Gasteiger partial charge on any atom is 0.152 e. The highest BCUT2D eigenvalue weighted by Gasteiger charge is 2.08. The fourth-order valence-electron chi connectivity index (χ4n) is 1.58. The van der Waals surface area contributed by atoms with Crippen LogP contribution < -0.4 is 5.32 Å². The van der Waals surface area contributed by atoms with E-state index in [2.05, 4.69) is 21.2 Å². The van der Waals surface area contributed by atoms with Crippen LogP contribution in [0.15, 0.2) is 22.7 Å². The molecule has 0 aliphatic heterocycles. The first-order valence-electron chi connectivity index (χ1n) is 5.65. The van der Waals surface area contributed by atoms with Crippen LogP contribution in [0.2, 0.25) is 0 Å². The molecule has 96 valence electrons. The maximum atomic E-state index is 11.5. The van der Waals surface area contributed by atoms with Gasteiger partial charge in [0.1, 0.15) is 0 Å². The maximum absolute atomic E-state index is 11.5. The number of sulfone groups is 1. The van der Waals surface area contributed by atoms with Gasteiger partial charge in [0.25, 0.3) is 0 Å². The van der Waals surface area contributed by atoms with Gasteiger partial charge in [0.2, 0.25) is 0 Å². The van der Waals surface area contributed by atoms with Gasteiger partial charge in [0.15, 0.2) is 9.84 Å². The van der Waals surface area contributed by atoms with Crippen molar-refractivity contribution in [2.75, 3.05) is 23.4 Å². The van der Waals surface area contributed by atoms with E-state index in [1.807, 2.05) is 32.0 Å². The van der Waals surface area contributed by atoms with E-state index in [1.165, 1.54) is 0 Å². The molecule has 1 aromatic carbocycles. The second kappa shape index (κ2) is 6.40. The van der Waals surface area contributed by atoms with E-state index >= 15 is 0 Å². The van der Waals surface area contributed by atoms with Crippen LogP contribution in [0.25, 0.3) is 0 Å². The standard InChI is InChI=1S/C12H18BrNO2S/c1-3-7-17(15,16)8-6-14-12-5-4-11(13)9-10(12)2/h4-5,9,14H,3,6-8H2,1-2H3. The molecule has 0 saturated heterocycles. The fraction of sp³-hybridized carbons (Fsp3) is 0.500. The Bertz CT molecular complexity index is 471. The Morgan fingerprint density at radius 2 is 2.00 bits per heavy atom. The minimum atomic E-state index is -2.89. The summed E-state index contributed by atoms with van der Waals surface area (Å²) in [5.74, 6) is 0.463. The number of rotatable bonds is 6. The smallest absolute Gasteiger partial charge is 0.152 e. The molecule has 17 heavy (non-hydrogen) atoms. The highest BCUT2D eigenvalue weighted by atomic mass is 79.9. The van der Waals surface area contributed by atoms with E-state index in [9.17, 15) is 8.42 Å². The molecule has 5 heteroatoms. The molecule has 0 aliphatic carbocycles. The minimum Gasteiger partial charge on any atom is -0.384 e. The molecule has 3 nitrogen and oxygen atoms in total. The molecule has 0 unspecified atom stereocenters. The molecule has 0 amide bonds. The van der Waals surface area contributed by atoms with Crippen molar-refractivity contribution < 1.29 is 8.42 Å². The summed E-state index contributed by atoms with van der Waals surface area (Å²) in [5.41, 5.74) is 2.09. The molecule has 0 heterocycles. The van der Waals surface area contributed by atoms with Crippen LogP contribution >= 0.6 is 15.9 Å². The summed E-state index contributed by atoms with van der Waals surface area (Å²) in [4.78, 5) is 0. The first kappa shape index (κ1) is 14.5. The van der Waals surface area contributed by atoms with Crippen molar-refractivity contribution in [2.24, 2.45) is 0 Å². The minimum absolute atomic E-state index is 0.191. The molecule has 0 radical (unpaired) electrons. The Labute approximate surface area is 112 Å². The van der Waals surface area contributed by atoms with Crippen LogP contribution in [0.3, 0.4) is 0 Å². The number of nitrogens with one attached hydrogen (secondary N) is 1. The quantitative estimate of drug-likeness (QED) is 0.876. The third kappa shape index (κ3) is 5.08. The molecule has 0 aliphatic rings. The summed E-state index contributed by atoms with van der Waals surface area (Å²) in [6.45, 7) is 4.34. The molecule has 0 spiro atoms. The van der Waals surface area contributed by atoms with Crippen molar-refractivity contribution in [3.05, 3.63) is 28.2 Å². The average Bonchev–Trinajstić information content (AvgIpc) is 2.21. The lowest BCUT2D eigenvalue weighted by Gasteiger charge is -2.10.